The molecule has 0 atom stereocenters. The average molecular weight is 308 g/mol. The van der Waals surface area contributed by atoms with Crippen molar-refractivity contribution in [1.29, 1.82) is 0 Å². The molecule has 0 aliphatic carbocycles. The van der Waals surface area contributed by atoms with Crippen LogP contribution in [-0.4, -0.2) is 19.0 Å². The largest absolute Gasteiger partial charge is 0.362 e. The molecule has 0 spiro atoms. The van der Waals surface area contributed by atoms with E-state index in [1.807, 2.05) is 0 Å². The third-order valence-corrected chi connectivity index (χ3v) is 3.09. The molecule has 2 aromatic rings. The van der Waals surface area contributed by atoms with E-state index in [2.05, 4.69) is 5.32 Å². The zero-order valence-corrected chi connectivity index (χ0v) is 11.9. The van der Waals surface area contributed by atoms with Gasteiger partial charge in [0.05, 0.1) is 12.2 Å². The van der Waals surface area contributed by atoms with Crippen LogP contribution in [0.5, 0.6) is 0 Å². The molecule has 2 aromatic carbocycles. The van der Waals surface area contributed by atoms with E-state index in [1.54, 1.807) is 17.9 Å². The van der Waals surface area contributed by atoms with Crippen LogP contribution >= 0.6 is 0 Å². The molecular formula is C16H15F3N2O. The van der Waals surface area contributed by atoms with Gasteiger partial charge in [-0.3, -0.25) is 4.79 Å². The number of hydrogen-bond acceptors (Lipinski definition) is 2. The lowest BCUT2D eigenvalue weighted by Crippen LogP contribution is -2.33. The van der Waals surface area contributed by atoms with Crippen LogP contribution in [0.25, 0.3) is 0 Å². The molecule has 6 heteroatoms. The third kappa shape index (κ3) is 4.00. The summed E-state index contributed by atoms with van der Waals surface area (Å²) in [6.45, 7) is 2.17. The highest BCUT2D eigenvalue weighted by Gasteiger charge is 2.13. The molecule has 0 aliphatic heterocycles. The van der Waals surface area contributed by atoms with Gasteiger partial charge in [0.2, 0.25) is 5.91 Å². The number of carbonyl (C=O) groups excluding carboxylic acids is 1. The molecule has 0 fully saturated rings. The minimum absolute atomic E-state index is 0.101. The first-order valence-corrected chi connectivity index (χ1v) is 6.75. The SMILES string of the molecule is CCN(CC(=O)Nc1cc(F)ccc1F)c1cccc(F)c1. The smallest absolute Gasteiger partial charge is 0.243 e. The van der Waals surface area contributed by atoms with Crippen LogP contribution in [0.2, 0.25) is 0 Å². The van der Waals surface area contributed by atoms with E-state index in [-0.39, 0.29) is 12.2 Å². The Labute approximate surface area is 126 Å². The molecule has 0 bridgehead atoms. The van der Waals surface area contributed by atoms with Gasteiger partial charge in [0, 0.05) is 18.3 Å². The fraction of sp³-hybridized carbons (Fsp3) is 0.188. The minimum atomic E-state index is -0.719. The van der Waals surface area contributed by atoms with Gasteiger partial charge in [-0.25, -0.2) is 13.2 Å². The Kier molecular flexibility index (Phi) is 5.04. The Balaban J connectivity index is 2.08. The number of carbonyl (C=O) groups is 1. The number of nitrogens with zero attached hydrogens (tertiary/aromatic N) is 1. The number of likely N-dealkylation sites (N-methyl/N-ethyl adjacent to an activating group) is 1. The summed E-state index contributed by atoms with van der Waals surface area (Å²) < 4.78 is 39.8. The van der Waals surface area contributed by atoms with E-state index in [0.717, 1.165) is 18.2 Å². The van der Waals surface area contributed by atoms with Gasteiger partial charge in [0.25, 0.3) is 0 Å². The van der Waals surface area contributed by atoms with Gasteiger partial charge in [0.1, 0.15) is 17.5 Å². The molecule has 0 saturated heterocycles. The lowest BCUT2D eigenvalue weighted by atomic mass is 10.2. The number of anilines is 2. The monoisotopic (exact) mass is 308 g/mol. The molecule has 22 heavy (non-hydrogen) atoms. The van der Waals surface area contributed by atoms with E-state index >= 15 is 0 Å². The third-order valence-electron chi connectivity index (χ3n) is 3.09. The van der Waals surface area contributed by atoms with Crippen LogP contribution in [0, 0.1) is 17.5 Å². The normalized spacial score (nSPS) is 10.4. The van der Waals surface area contributed by atoms with Crippen molar-refractivity contribution in [3.63, 3.8) is 0 Å². The molecule has 0 heterocycles. The van der Waals surface area contributed by atoms with Gasteiger partial charge < -0.3 is 10.2 Å². The summed E-state index contributed by atoms with van der Waals surface area (Å²) in [6, 6.07) is 8.63. The molecule has 116 valence electrons. The van der Waals surface area contributed by atoms with Crippen LogP contribution in [0.15, 0.2) is 42.5 Å². The second kappa shape index (κ2) is 6.98. The van der Waals surface area contributed by atoms with E-state index in [0.29, 0.717) is 12.2 Å². The van der Waals surface area contributed by atoms with Crippen LogP contribution in [0.4, 0.5) is 24.5 Å². The molecule has 0 radical (unpaired) electrons. The van der Waals surface area contributed by atoms with Gasteiger partial charge in [-0.2, -0.15) is 0 Å². The number of benzene rings is 2. The minimum Gasteiger partial charge on any atom is -0.362 e. The summed E-state index contributed by atoms with van der Waals surface area (Å²) >= 11 is 0. The summed E-state index contributed by atoms with van der Waals surface area (Å²) in [5, 5.41) is 2.31. The summed E-state index contributed by atoms with van der Waals surface area (Å²) in [5.41, 5.74) is 0.317. The zero-order chi connectivity index (χ0) is 16.1. The van der Waals surface area contributed by atoms with E-state index < -0.39 is 23.4 Å². The topological polar surface area (TPSA) is 32.3 Å². The molecule has 3 nitrogen and oxygen atoms in total. The first kappa shape index (κ1) is 15.9. The van der Waals surface area contributed by atoms with Crippen molar-refractivity contribution in [3.8, 4) is 0 Å². The maximum absolute atomic E-state index is 13.5. The van der Waals surface area contributed by atoms with Gasteiger partial charge >= 0.3 is 0 Å². The van der Waals surface area contributed by atoms with E-state index in [4.69, 9.17) is 0 Å². The maximum Gasteiger partial charge on any atom is 0.243 e. The molecule has 0 aliphatic rings. The first-order chi connectivity index (χ1) is 10.5. The summed E-state index contributed by atoms with van der Waals surface area (Å²) in [6.07, 6.45) is 0. The van der Waals surface area contributed by atoms with Crippen molar-refractivity contribution < 1.29 is 18.0 Å². The molecule has 1 N–H and O–H groups in total. The van der Waals surface area contributed by atoms with Crippen molar-refractivity contribution in [3.05, 3.63) is 59.9 Å². The lowest BCUT2D eigenvalue weighted by molar-refractivity contribution is -0.115. The Morgan fingerprint density at radius 2 is 1.82 bits per heavy atom. The van der Waals surface area contributed by atoms with Gasteiger partial charge in [-0.15, -0.1) is 0 Å². The predicted octanol–water partition coefficient (Wildman–Crippen LogP) is 3.57. The molecule has 0 saturated carbocycles. The summed E-state index contributed by atoms with van der Waals surface area (Å²) in [5.74, 6) is -2.29. The standard InChI is InChI=1S/C16H15F3N2O/c1-2-21(13-5-3-4-11(17)8-13)10-16(22)20-15-9-12(18)6-7-14(15)19/h3-9H,2,10H2,1H3,(H,20,22). The summed E-state index contributed by atoms with van der Waals surface area (Å²) in [7, 11) is 0. The number of rotatable bonds is 5. The molecule has 2 rings (SSSR count). The van der Waals surface area contributed by atoms with E-state index in [1.165, 1.54) is 18.2 Å². The van der Waals surface area contributed by atoms with Crippen molar-refractivity contribution >= 4 is 17.3 Å². The lowest BCUT2D eigenvalue weighted by Gasteiger charge is -2.22. The Bertz CT molecular complexity index is 676. The Morgan fingerprint density at radius 3 is 2.50 bits per heavy atom. The van der Waals surface area contributed by atoms with Crippen molar-refractivity contribution in [2.45, 2.75) is 6.92 Å². The van der Waals surface area contributed by atoms with E-state index in [9.17, 15) is 18.0 Å². The van der Waals surface area contributed by atoms with Crippen LogP contribution < -0.4 is 10.2 Å². The number of nitrogens with one attached hydrogen (secondary N) is 1. The average Bonchev–Trinajstić information content (AvgIpc) is 2.48. The number of amides is 1. The molecule has 0 aromatic heterocycles. The highest BCUT2D eigenvalue weighted by Crippen LogP contribution is 2.17. The molecule has 0 unspecified atom stereocenters. The van der Waals surface area contributed by atoms with Crippen LogP contribution in [-0.2, 0) is 4.79 Å². The number of hydrogen-bond donors (Lipinski definition) is 1. The Morgan fingerprint density at radius 1 is 1.09 bits per heavy atom. The predicted molar refractivity (Wildman–Crippen MR) is 79.3 cm³/mol. The van der Waals surface area contributed by atoms with Crippen LogP contribution in [0.3, 0.4) is 0 Å². The Hall–Kier alpha value is -2.50. The van der Waals surface area contributed by atoms with Gasteiger partial charge in [-0.05, 0) is 37.3 Å². The van der Waals surface area contributed by atoms with Crippen molar-refractivity contribution in [2.24, 2.45) is 0 Å². The quantitative estimate of drug-likeness (QED) is 0.916. The summed E-state index contributed by atoms with van der Waals surface area (Å²) in [4.78, 5) is 13.6. The highest BCUT2D eigenvalue weighted by molar-refractivity contribution is 5.94. The second-order valence-corrected chi connectivity index (χ2v) is 4.67. The van der Waals surface area contributed by atoms with Crippen LogP contribution in [0.1, 0.15) is 6.92 Å². The van der Waals surface area contributed by atoms with Crippen molar-refractivity contribution in [1.82, 2.24) is 0 Å². The second-order valence-electron chi connectivity index (χ2n) is 4.67. The fourth-order valence-electron chi connectivity index (χ4n) is 2.01. The fourth-order valence-corrected chi connectivity index (χ4v) is 2.01. The number of halogens is 3. The molecule has 1 amide bonds. The zero-order valence-electron chi connectivity index (χ0n) is 11.9. The molecular weight excluding hydrogens is 293 g/mol. The van der Waals surface area contributed by atoms with Gasteiger partial charge in [-0.1, -0.05) is 6.07 Å². The first-order valence-electron chi connectivity index (χ1n) is 6.75. The van der Waals surface area contributed by atoms with Crippen molar-refractivity contribution in [2.75, 3.05) is 23.3 Å². The highest BCUT2D eigenvalue weighted by atomic mass is 19.1. The maximum atomic E-state index is 13.5. The van der Waals surface area contributed by atoms with Gasteiger partial charge in [0.15, 0.2) is 0 Å².